The minimum absolute atomic E-state index is 0.0357. The number of halogens is 4. The summed E-state index contributed by atoms with van der Waals surface area (Å²) in [6, 6.07) is 10.7. The van der Waals surface area contributed by atoms with E-state index < -0.39 is 12.5 Å². The Morgan fingerprint density at radius 3 is 2.62 bits per heavy atom. The molecule has 13 heteroatoms. The van der Waals surface area contributed by atoms with Gasteiger partial charge in [-0.15, -0.1) is 0 Å². The van der Waals surface area contributed by atoms with E-state index in [4.69, 9.17) is 42.1 Å². The lowest BCUT2D eigenvalue weighted by atomic mass is 10.1. The van der Waals surface area contributed by atoms with Crippen LogP contribution < -0.4 is 19.6 Å². The zero-order chi connectivity index (χ0) is 28.5. The number of carbonyl (C=O) groups excluding carboxylic acids is 1. The van der Waals surface area contributed by atoms with Crippen LogP contribution in [-0.4, -0.2) is 37.9 Å². The van der Waals surface area contributed by atoms with Crippen LogP contribution in [0.2, 0.25) is 10.0 Å². The van der Waals surface area contributed by atoms with Gasteiger partial charge in [0.15, 0.2) is 18.1 Å². The lowest BCUT2D eigenvalue weighted by Crippen LogP contribution is -2.25. The van der Waals surface area contributed by atoms with Gasteiger partial charge in [-0.1, -0.05) is 29.3 Å². The summed E-state index contributed by atoms with van der Waals surface area (Å²) in [7, 11) is 3.02. The molecule has 204 valence electrons. The first kappa shape index (κ1) is 30.7. The van der Waals surface area contributed by atoms with Crippen molar-refractivity contribution in [3.05, 3.63) is 77.3 Å². The van der Waals surface area contributed by atoms with Gasteiger partial charge in [-0.25, -0.2) is 10.4 Å². The average molecular weight is 701 g/mol. The summed E-state index contributed by atoms with van der Waals surface area (Å²) in [5.74, 6) is 0.403. The van der Waals surface area contributed by atoms with Gasteiger partial charge in [-0.3, -0.25) is 4.79 Å². The molecule has 0 aliphatic carbocycles. The molecule has 1 heterocycles. The first-order valence-corrected chi connectivity index (χ1v) is 13.5. The SMILES string of the molecule is COCc1c(Br)c(C)nc(OCC(=O)N/N=C/c2cc(Br)c(OCc3ccc(Cl)cc3Cl)c(OC)c2)c1C#N. The molecule has 0 radical (unpaired) electrons. The smallest absolute Gasteiger partial charge is 0.278 e. The van der Waals surface area contributed by atoms with Gasteiger partial charge in [-0.05, 0) is 68.6 Å². The molecule has 0 bridgehead atoms. The Morgan fingerprint density at radius 2 is 1.95 bits per heavy atom. The highest BCUT2D eigenvalue weighted by molar-refractivity contribution is 9.10. The second-order valence-corrected chi connectivity index (χ2v) is 10.3. The molecule has 0 aliphatic heterocycles. The van der Waals surface area contributed by atoms with Crippen molar-refractivity contribution in [2.75, 3.05) is 20.8 Å². The van der Waals surface area contributed by atoms with E-state index in [2.05, 4.69) is 53.4 Å². The largest absolute Gasteiger partial charge is 0.493 e. The number of carbonyl (C=O) groups is 1. The Balaban J connectivity index is 1.64. The highest BCUT2D eigenvalue weighted by Crippen LogP contribution is 2.37. The fraction of sp³-hybridized carbons (Fsp3) is 0.231. The first-order valence-electron chi connectivity index (χ1n) is 11.1. The molecule has 0 atom stereocenters. The fourth-order valence-corrected chi connectivity index (χ4v) is 4.74. The summed E-state index contributed by atoms with van der Waals surface area (Å²) in [5, 5.41) is 14.6. The van der Waals surface area contributed by atoms with Gasteiger partial charge < -0.3 is 18.9 Å². The van der Waals surface area contributed by atoms with Crippen LogP contribution in [0.3, 0.4) is 0 Å². The van der Waals surface area contributed by atoms with Gasteiger partial charge in [0, 0.05) is 32.8 Å². The maximum absolute atomic E-state index is 12.3. The molecule has 0 unspecified atom stereocenters. The number of hydrazone groups is 1. The lowest BCUT2D eigenvalue weighted by molar-refractivity contribution is -0.123. The van der Waals surface area contributed by atoms with Crippen molar-refractivity contribution in [2.45, 2.75) is 20.1 Å². The van der Waals surface area contributed by atoms with Crippen LogP contribution in [0.15, 0.2) is 44.4 Å². The molecule has 3 rings (SSSR count). The molecule has 2 aromatic carbocycles. The zero-order valence-electron chi connectivity index (χ0n) is 21.0. The fourth-order valence-electron chi connectivity index (χ4n) is 3.30. The Kier molecular flexibility index (Phi) is 11.4. The van der Waals surface area contributed by atoms with Gasteiger partial charge in [0.25, 0.3) is 5.91 Å². The first-order chi connectivity index (χ1) is 18.7. The van der Waals surface area contributed by atoms with Crippen LogP contribution in [0, 0.1) is 18.3 Å². The highest BCUT2D eigenvalue weighted by atomic mass is 79.9. The molecular weight excluding hydrogens is 679 g/mol. The second-order valence-electron chi connectivity index (χ2n) is 7.86. The molecule has 1 aromatic heterocycles. The summed E-state index contributed by atoms with van der Waals surface area (Å²) in [5.41, 5.74) is 5.13. The second kappa shape index (κ2) is 14.5. The van der Waals surface area contributed by atoms with Gasteiger partial charge in [-0.2, -0.15) is 10.4 Å². The minimum Gasteiger partial charge on any atom is -0.493 e. The van der Waals surface area contributed by atoms with E-state index >= 15 is 0 Å². The van der Waals surface area contributed by atoms with Crippen LogP contribution in [0.5, 0.6) is 17.4 Å². The van der Waals surface area contributed by atoms with Crippen molar-refractivity contribution in [1.29, 1.82) is 5.26 Å². The van der Waals surface area contributed by atoms with E-state index in [1.807, 2.05) is 0 Å². The number of amides is 1. The zero-order valence-corrected chi connectivity index (χ0v) is 25.7. The number of methoxy groups -OCH3 is 2. The molecule has 0 fully saturated rings. The Hall–Kier alpha value is -2.88. The third kappa shape index (κ3) is 8.06. The number of rotatable bonds is 11. The molecular formula is C26H22Br2Cl2N4O5. The van der Waals surface area contributed by atoms with E-state index in [1.165, 1.54) is 20.4 Å². The van der Waals surface area contributed by atoms with E-state index in [0.29, 0.717) is 47.3 Å². The highest BCUT2D eigenvalue weighted by Gasteiger charge is 2.18. The average Bonchev–Trinajstić information content (AvgIpc) is 2.90. The number of ether oxygens (including phenoxy) is 4. The number of nitrogens with zero attached hydrogens (tertiary/aromatic N) is 3. The molecule has 3 aromatic rings. The Labute approximate surface area is 252 Å². The molecule has 0 saturated heterocycles. The van der Waals surface area contributed by atoms with Gasteiger partial charge in [0.2, 0.25) is 5.88 Å². The van der Waals surface area contributed by atoms with Crippen molar-refractivity contribution in [3.8, 4) is 23.4 Å². The van der Waals surface area contributed by atoms with E-state index in [-0.39, 0.29) is 24.7 Å². The number of hydrogen-bond acceptors (Lipinski definition) is 8. The van der Waals surface area contributed by atoms with Crippen molar-refractivity contribution >= 4 is 67.2 Å². The number of hydrogen-bond donors (Lipinski definition) is 1. The van der Waals surface area contributed by atoms with Crippen molar-refractivity contribution < 1.29 is 23.7 Å². The third-order valence-electron chi connectivity index (χ3n) is 5.15. The maximum Gasteiger partial charge on any atom is 0.278 e. The Bertz CT molecular complexity index is 1450. The molecule has 9 nitrogen and oxygen atoms in total. The van der Waals surface area contributed by atoms with Crippen molar-refractivity contribution in [1.82, 2.24) is 10.4 Å². The predicted molar refractivity (Wildman–Crippen MR) is 155 cm³/mol. The number of aromatic nitrogens is 1. The van der Waals surface area contributed by atoms with Gasteiger partial charge >= 0.3 is 0 Å². The lowest BCUT2D eigenvalue weighted by Gasteiger charge is -2.14. The van der Waals surface area contributed by atoms with Crippen LogP contribution in [0.25, 0.3) is 0 Å². The third-order valence-corrected chi connectivity index (χ3v) is 7.38. The predicted octanol–water partition coefficient (Wildman–Crippen LogP) is 6.36. The van der Waals surface area contributed by atoms with E-state index in [1.54, 1.807) is 37.3 Å². The number of pyridine rings is 1. The van der Waals surface area contributed by atoms with Gasteiger partial charge in [0.05, 0.1) is 30.1 Å². The summed E-state index contributed by atoms with van der Waals surface area (Å²) >= 11 is 19.1. The van der Waals surface area contributed by atoms with Crippen LogP contribution in [0.4, 0.5) is 0 Å². The summed E-state index contributed by atoms with van der Waals surface area (Å²) in [6.07, 6.45) is 1.43. The van der Waals surface area contributed by atoms with Crippen LogP contribution in [0.1, 0.15) is 27.9 Å². The van der Waals surface area contributed by atoms with E-state index in [0.717, 1.165) is 5.56 Å². The number of aryl methyl sites for hydroxylation is 1. The molecule has 1 amide bonds. The van der Waals surface area contributed by atoms with Crippen LogP contribution in [-0.2, 0) is 22.7 Å². The summed E-state index contributed by atoms with van der Waals surface area (Å²) < 4.78 is 23.3. The number of nitriles is 1. The van der Waals surface area contributed by atoms with E-state index in [9.17, 15) is 10.1 Å². The maximum atomic E-state index is 12.3. The summed E-state index contributed by atoms with van der Waals surface area (Å²) in [4.78, 5) is 16.6. The van der Waals surface area contributed by atoms with Crippen molar-refractivity contribution in [3.63, 3.8) is 0 Å². The molecule has 0 aliphatic rings. The molecule has 0 saturated carbocycles. The number of benzene rings is 2. The normalized spacial score (nSPS) is 10.8. The molecule has 39 heavy (non-hydrogen) atoms. The van der Waals surface area contributed by atoms with Gasteiger partial charge in [0.1, 0.15) is 18.2 Å². The van der Waals surface area contributed by atoms with Crippen LogP contribution >= 0.6 is 55.1 Å². The number of nitrogens with one attached hydrogen (secondary N) is 1. The minimum atomic E-state index is -0.545. The van der Waals surface area contributed by atoms with Crippen molar-refractivity contribution in [2.24, 2.45) is 5.10 Å². The molecule has 0 spiro atoms. The Morgan fingerprint density at radius 1 is 1.18 bits per heavy atom. The summed E-state index contributed by atoms with van der Waals surface area (Å²) in [6.45, 7) is 1.72. The standard InChI is InChI=1S/C26H22Br2Cl2N4O5/c1-14-24(28)19(12-36-2)18(9-31)26(33-14)39-13-23(35)34-32-10-15-6-20(27)25(22(7-15)37-3)38-11-16-4-5-17(29)8-21(16)30/h4-8,10H,11-13H2,1-3H3,(H,34,35)/b32-10+. The quantitative estimate of drug-likeness (QED) is 0.183. The monoisotopic (exact) mass is 698 g/mol. The molecule has 1 N–H and O–H groups in total. The topological polar surface area (TPSA) is 115 Å².